The zero-order valence-corrected chi connectivity index (χ0v) is 9.80. The van der Waals surface area contributed by atoms with Crippen molar-refractivity contribution in [1.29, 1.82) is 0 Å². The summed E-state index contributed by atoms with van der Waals surface area (Å²) in [5.41, 5.74) is 1.25. The zero-order chi connectivity index (χ0) is 11.1. The summed E-state index contributed by atoms with van der Waals surface area (Å²) in [7, 11) is 0. The highest BCUT2D eigenvalue weighted by molar-refractivity contribution is 5.15. The molecule has 1 aromatic rings. The lowest BCUT2D eigenvalue weighted by molar-refractivity contribution is 0.527. The van der Waals surface area contributed by atoms with E-state index in [-0.39, 0.29) is 5.82 Å². The van der Waals surface area contributed by atoms with Crippen molar-refractivity contribution in [2.75, 3.05) is 0 Å². The number of halogens is 1. The Morgan fingerprint density at radius 3 is 2.27 bits per heavy atom. The topological polar surface area (TPSA) is 0 Å². The summed E-state index contributed by atoms with van der Waals surface area (Å²) in [6.07, 6.45) is 6.23. The molecule has 1 rings (SSSR count). The predicted molar refractivity (Wildman–Crippen MR) is 63.4 cm³/mol. The van der Waals surface area contributed by atoms with Gasteiger partial charge in [-0.1, -0.05) is 45.2 Å². The molecule has 1 heteroatoms. The number of rotatable bonds is 6. The first-order valence-electron chi connectivity index (χ1n) is 5.93. The van der Waals surface area contributed by atoms with Crippen molar-refractivity contribution in [3.8, 4) is 0 Å². The Hall–Kier alpha value is -0.850. The van der Waals surface area contributed by atoms with E-state index in [4.69, 9.17) is 0 Å². The second-order valence-corrected chi connectivity index (χ2v) is 4.62. The minimum absolute atomic E-state index is 0.140. The third-order valence-electron chi connectivity index (χ3n) is 2.66. The van der Waals surface area contributed by atoms with E-state index < -0.39 is 0 Å². The van der Waals surface area contributed by atoms with Gasteiger partial charge < -0.3 is 0 Å². The van der Waals surface area contributed by atoms with Crippen LogP contribution in [0.2, 0.25) is 0 Å². The summed E-state index contributed by atoms with van der Waals surface area (Å²) in [6.45, 7) is 4.53. The van der Waals surface area contributed by atoms with Gasteiger partial charge in [-0.2, -0.15) is 0 Å². The average Bonchev–Trinajstić information content (AvgIpc) is 2.20. The number of hydrogen-bond donors (Lipinski definition) is 0. The van der Waals surface area contributed by atoms with Gasteiger partial charge >= 0.3 is 0 Å². The summed E-state index contributed by atoms with van der Waals surface area (Å²) in [6, 6.07) is 6.86. The second kappa shape index (κ2) is 6.60. The maximum atomic E-state index is 12.6. The van der Waals surface area contributed by atoms with Crippen LogP contribution in [0.1, 0.15) is 45.1 Å². The fourth-order valence-electron chi connectivity index (χ4n) is 1.71. The van der Waals surface area contributed by atoms with Crippen molar-refractivity contribution in [1.82, 2.24) is 0 Å². The first kappa shape index (κ1) is 12.2. The summed E-state index contributed by atoms with van der Waals surface area (Å²) in [5, 5.41) is 0. The number of aryl methyl sites for hydroxylation is 1. The first-order valence-corrected chi connectivity index (χ1v) is 5.93. The molecule has 0 radical (unpaired) electrons. The Kier molecular flexibility index (Phi) is 5.38. The van der Waals surface area contributed by atoms with Crippen molar-refractivity contribution in [3.63, 3.8) is 0 Å². The molecule has 0 aliphatic carbocycles. The Bertz CT molecular complexity index is 261. The number of unbranched alkanes of at least 4 members (excludes halogenated alkanes) is 2. The maximum absolute atomic E-state index is 12.6. The highest BCUT2D eigenvalue weighted by Crippen LogP contribution is 2.11. The smallest absolute Gasteiger partial charge is 0.123 e. The van der Waals surface area contributed by atoms with Crippen LogP contribution in [0.4, 0.5) is 4.39 Å². The fraction of sp³-hybridized carbons (Fsp3) is 0.571. The van der Waals surface area contributed by atoms with Gasteiger partial charge in [0.25, 0.3) is 0 Å². The van der Waals surface area contributed by atoms with Crippen LogP contribution in [0.15, 0.2) is 24.3 Å². The van der Waals surface area contributed by atoms with Crippen LogP contribution in [0, 0.1) is 11.7 Å². The van der Waals surface area contributed by atoms with Crippen molar-refractivity contribution < 1.29 is 4.39 Å². The SMILES string of the molecule is CC(C)CCCCCc1ccc(F)cc1. The fourth-order valence-corrected chi connectivity index (χ4v) is 1.71. The highest BCUT2D eigenvalue weighted by atomic mass is 19.1. The molecule has 15 heavy (non-hydrogen) atoms. The van der Waals surface area contributed by atoms with Crippen molar-refractivity contribution in [2.45, 2.75) is 46.0 Å². The van der Waals surface area contributed by atoms with Crippen LogP contribution in [0.3, 0.4) is 0 Å². The van der Waals surface area contributed by atoms with Crippen LogP contribution in [-0.4, -0.2) is 0 Å². The van der Waals surface area contributed by atoms with E-state index >= 15 is 0 Å². The lowest BCUT2D eigenvalue weighted by Gasteiger charge is -2.04. The molecule has 84 valence electrons. The normalized spacial score (nSPS) is 10.9. The molecule has 0 aromatic heterocycles. The van der Waals surface area contributed by atoms with Crippen LogP contribution < -0.4 is 0 Å². The molecular formula is C14H21F. The Morgan fingerprint density at radius 1 is 1.00 bits per heavy atom. The molecule has 0 saturated carbocycles. The maximum Gasteiger partial charge on any atom is 0.123 e. The molecule has 0 heterocycles. The van der Waals surface area contributed by atoms with Crippen molar-refractivity contribution in [2.24, 2.45) is 5.92 Å². The molecule has 0 aliphatic heterocycles. The van der Waals surface area contributed by atoms with E-state index in [2.05, 4.69) is 13.8 Å². The molecule has 0 spiro atoms. The van der Waals surface area contributed by atoms with Gasteiger partial charge in [0.2, 0.25) is 0 Å². The average molecular weight is 208 g/mol. The lowest BCUT2D eigenvalue weighted by atomic mass is 10.0. The molecule has 0 unspecified atom stereocenters. The molecule has 0 aliphatic rings. The summed E-state index contributed by atoms with van der Waals surface area (Å²) < 4.78 is 12.6. The number of benzene rings is 1. The minimum atomic E-state index is -0.140. The minimum Gasteiger partial charge on any atom is -0.207 e. The quantitative estimate of drug-likeness (QED) is 0.600. The van der Waals surface area contributed by atoms with E-state index in [0.717, 1.165) is 12.3 Å². The molecule has 0 fully saturated rings. The third-order valence-corrected chi connectivity index (χ3v) is 2.66. The molecule has 0 saturated heterocycles. The van der Waals surface area contributed by atoms with Crippen LogP contribution >= 0.6 is 0 Å². The standard InChI is InChI=1S/C14H21F/c1-12(2)6-4-3-5-7-13-8-10-14(15)11-9-13/h8-12H,3-7H2,1-2H3. The molecule has 0 nitrogen and oxygen atoms in total. The van der Waals surface area contributed by atoms with Gasteiger partial charge in [-0.3, -0.25) is 0 Å². The number of hydrogen-bond acceptors (Lipinski definition) is 0. The van der Waals surface area contributed by atoms with Crippen LogP contribution in [0.5, 0.6) is 0 Å². The largest absolute Gasteiger partial charge is 0.207 e. The Morgan fingerprint density at radius 2 is 1.67 bits per heavy atom. The molecule has 1 aromatic carbocycles. The highest BCUT2D eigenvalue weighted by Gasteiger charge is 1.96. The van der Waals surface area contributed by atoms with Crippen LogP contribution in [-0.2, 0) is 6.42 Å². The lowest BCUT2D eigenvalue weighted by Crippen LogP contribution is -1.89. The third kappa shape index (κ3) is 5.56. The Labute approximate surface area is 92.5 Å². The Balaban J connectivity index is 2.12. The van der Waals surface area contributed by atoms with Gasteiger partial charge in [0, 0.05) is 0 Å². The summed E-state index contributed by atoms with van der Waals surface area (Å²) in [5.74, 6) is 0.675. The molecule has 0 amide bonds. The van der Waals surface area contributed by atoms with Crippen molar-refractivity contribution >= 4 is 0 Å². The van der Waals surface area contributed by atoms with E-state index in [1.54, 1.807) is 12.1 Å². The summed E-state index contributed by atoms with van der Waals surface area (Å²) in [4.78, 5) is 0. The first-order chi connectivity index (χ1) is 7.18. The molecular weight excluding hydrogens is 187 g/mol. The van der Waals surface area contributed by atoms with Crippen molar-refractivity contribution in [3.05, 3.63) is 35.6 Å². The second-order valence-electron chi connectivity index (χ2n) is 4.62. The summed E-state index contributed by atoms with van der Waals surface area (Å²) >= 11 is 0. The van der Waals surface area contributed by atoms with Gasteiger partial charge in [0.05, 0.1) is 0 Å². The van der Waals surface area contributed by atoms with Gasteiger partial charge in [0.1, 0.15) is 5.82 Å². The zero-order valence-electron chi connectivity index (χ0n) is 9.80. The van der Waals surface area contributed by atoms with Gasteiger partial charge in [-0.15, -0.1) is 0 Å². The van der Waals surface area contributed by atoms with E-state index in [1.807, 2.05) is 12.1 Å². The van der Waals surface area contributed by atoms with E-state index in [0.29, 0.717) is 0 Å². The molecule has 0 atom stereocenters. The van der Waals surface area contributed by atoms with Gasteiger partial charge in [-0.05, 0) is 36.5 Å². The van der Waals surface area contributed by atoms with Crippen LogP contribution in [0.25, 0.3) is 0 Å². The van der Waals surface area contributed by atoms with E-state index in [9.17, 15) is 4.39 Å². The van der Waals surface area contributed by atoms with Gasteiger partial charge in [0.15, 0.2) is 0 Å². The van der Waals surface area contributed by atoms with E-state index in [1.165, 1.54) is 31.2 Å². The predicted octanol–water partition coefficient (Wildman–Crippen LogP) is 4.58. The molecule has 0 bridgehead atoms. The van der Waals surface area contributed by atoms with Gasteiger partial charge in [-0.25, -0.2) is 4.39 Å². The molecule has 0 N–H and O–H groups in total. The monoisotopic (exact) mass is 208 g/mol.